The van der Waals surface area contributed by atoms with Crippen LogP contribution >= 0.6 is 0 Å². The molecule has 2 rings (SSSR count). The van der Waals surface area contributed by atoms with Crippen molar-refractivity contribution in [2.75, 3.05) is 18.6 Å². The smallest absolute Gasteiger partial charge is 0.404 e. The van der Waals surface area contributed by atoms with E-state index in [2.05, 4.69) is 0 Å². The Morgan fingerprint density at radius 1 is 1.22 bits per heavy atom. The zero-order valence-corrected chi connectivity index (χ0v) is 13.2. The van der Waals surface area contributed by atoms with Gasteiger partial charge in [0, 0.05) is 12.7 Å². The Morgan fingerprint density at radius 3 is 2.17 bits per heavy atom. The lowest BCUT2D eigenvalue weighted by atomic mass is 10.1. The molecule has 124 valence electrons. The number of sulfone groups is 1. The van der Waals surface area contributed by atoms with Crippen LogP contribution < -0.4 is 5.73 Å². The van der Waals surface area contributed by atoms with Gasteiger partial charge in [-0.3, -0.25) is 14.5 Å². The summed E-state index contributed by atoms with van der Waals surface area (Å²) in [7, 11) is -3.29. The maximum absolute atomic E-state index is 12.2. The Morgan fingerprint density at radius 2 is 1.74 bits per heavy atom. The fourth-order valence-corrected chi connectivity index (χ4v) is 3.00. The summed E-state index contributed by atoms with van der Waals surface area (Å²) < 4.78 is 27.3. The highest BCUT2D eigenvalue weighted by Crippen LogP contribution is 2.23. The molecule has 1 unspecified atom stereocenters. The lowest BCUT2D eigenvalue weighted by Crippen LogP contribution is -2.40. The number of benzene rings is 1. The normalized spacial score (nSPS) is 15.4. The van der Waals surface area contributed by atoms with Crippen LogP contribution in [-0.4, -0.2) is 55.9 Å². The van der Waals surface area contributed by atoms with E-state index in [1.807, 2.05) is 0 Å². The summed E-state index contributed by atoms with van der Waals surface area (Å²) in [6.45, 7) is -0.245. The number of imide groups is 1. The molecule has 0 aliphatic carbocycles. The topological polar surface area (TPSA) is 124 Å². The molecule has 3 amide bonds. The van der Waals surface area contributed by atoms with E-state index < -0.39 is 33.8 Å². The molecule has 23 heavy (non-hydrogen) atoms. The zero-order valence-electron chi connectivity index (χ0n) is 12.4. The Hall–Kier alpha value is -2.42. The molecule has 0 bridgehead atoms. The molecule has 0 saturated heterocycles. The summed E-state index contributed by atoms with van der Waals surface area (Å²) in [5.74, 6) is -1.28. The lowest BCUT2D eigenvalue weighted by molar-refractivity contribution is 0.0484. The molecule has 0 radical (unpaired) electrons. The average Bonchev–Trinajstić information content (AvgIpc) is 2.69. The van der Waals surface area contributed by atoms with Gasteiger partial charge in [-0.05, 0) is 12.1 Å². The fraction of sp³-hybridized carbons (Fsp3) is 0.357. The summed E-state index contributed by atoms with van der Waals surface area (Å²) in [5, 5.41) is 0. The van der Waals surface area contributed by atoms with E-state index in [9.17, 15) is 22.8 Å². The van der Waals surface area contributed by atoms with Crippen molar-refractivity contribution in [3.8, 4) is 0 Å². The van der Waals surface area contributed by atoms with Crippen LogP contribution in [0.2, 0.25) is 0 Å². The Labute approximate surface area is 133 Å². The number of hydrogen-bond donors (Lipinski definition) is 1. The summed E-state index contributed by atoms with van der Waals surface area (Å²) in [4.78, 5) is 36.4. The Balaban J connectivity index is 2.15. The Kier molecular flexibility index (Phi) is 4.69. The van der Waals surface area contributed by atoms with Crippen molar-refractivity contribution in [1.29, 1.82) is 0 Å². The van der Waals surface area contributed by atoms with Crippen LogP contribution in [0.3, 0.4) is 0 Å². The molecule has 9 heteroatoms. The van der Waals surface area contributed by atoms with E-state index in [1.54, 1.807) is 12.1 Å². The summed E-state index contributed by atoms with van der Waals surface area (Å²) in [6.07, 6.45) is -1.10. The van der Waals surface area contributed by atoms with E-state index in [0.29, 0.717) is 0 Å². The van der Waals surface area contributed by atoms with Gasteiger partial charge < -0.3 is 10.5 Å². The summed E-state index contributed by atoms with van der Waals surface area (Å²) in [5.41, 5.74) is 5.49. The van der Waals surface area contributed by atoms with Crippen LogP contribution in [0.5, 0.6) is 0 Å². The van der Waals surface area contributed by atoms with Crippen molar-refractivity contribution in [1.82, 2.24) is 4.90 Å². The Bertz CT molecular complexity index is 723. The first kappa shape index (κ1) is 16.9. The van der Waals surface area contributed by atoms with Crippen molar-refractivity contribution < 1.29 is 27.5 Å². The molecular formula is C14H16N2O6S. The first-order valence-corrected chi connectivity index (χ1v) is 8.84. The quantitative estimate of drug-likeness (QED) is 0.737. The van der Waals surface area contributed by atoms with Gasteiger partial charge >= 0.3 is 6.09 Å². The van der Waals surface area contributed by atoms with E-state index in [1.165, 1.54) is 12.1 Å². The first-order valence-electron chi connectivity index (χ1n) is 6.78. The number of amides is 3. The number of nitrogens with two attached hydrogens (primary N) is 1. The van der Waals surface area contributed by atoms with Crippen LogP contribution in [0.15, 0.2) is 24.3 Å². The fourth-order valence-electron chi connectivity index (χ4n) is 2.31. The third-order valence-corrected chi connectivity index (χ3v) is 4.34. The third-order valence-electron chi connectivity index (χ3n) is 3.36. The number of rotatable bonds is 6. The van der Waals surface area contributed by atoms with Crippen LogP contribution in [0, 0.1) is 0 Å². The number of carbonyl (C=O) groups excluding carboxylic acids is 3. The second-order valence-corrected chi connectivity index (χ2v) is 7.50. The highest BCUT2D eigenvalue weighted by atomic mass is 32.2. The minimum atomic E-state index is -3.29. The van der Waals surface area contributed by atoms with Gasteiger partial charge in [0.1, 0.15) is 15.9 Å². The SMILES string of the molecule is CS(=O)(=O)CCC(CN1C(=O)c2ccccc2C1=O)OC(N)=O. The molecule has 1 heterocycles. The van der Waals surface area contributed by atoms with Gasteiger partial charge in [0.2, 0.25) is 0 Å². The van der Waals surface area contributed by atoms with Crippen LogP contribution in [0.4, 0.5) is 4.79 Å². The van der Waals surface area contributed by atoms with E-state index in [0.717, 1.165) is 11.2 Å². The van der Waals surface area contributed by atoms with Gasteiger partial charge in [0.15, 0.2) is 0 Å². The third kappa shape index (κ3) is 4.07. The highest BCUT2D eigenvalue weighted by Gasteiger charge is 2.37. The highest BCUT2D eigenvalue weighted by molar-refractivity contribution is 7.90. The molecule has 0 aromatic heterocycles. The predicted molar refractivity (Wildman–Crippen MR) is 80.6 cm³/mol. The lowest BCUT2D eigenvalue weighted by Gasteiger charge is -2.21. The molecule has 0 spiro atoms. The molecule has 1 aliphatic rings. The average molecular weight is 340 g/mol. The molecule has 1 atom stereocenters. The summed E-state index contributed by atoms with van der Waals surface area (Å²) >= 11 is 0. The molecule has 1 aromatic rings. The number of ether oxygens (including phenoxy) is 1. The van der Waals surface area contributed by atoms with Gasteiger partial charge in [-0.25, -0.2) is 13.2 Å². The van der Waals surface area contributed by atoms with Crippen LogP contribution in [0.1, 0.15) is 27.1 Å². The van der Waals surface area contributed by atoms with Gasteiger partial charge in [-0.1, -0.05) is 12.1 Å². The van der Waals surface area contributed by atoms with Crippen molar-refractivity contribution in [3.63, 3.8) is 0 Å². The molecular weight excluding hydrogens is 324 g/mol. The first-order chi connectivity index (χ1) is 10.7. The summed E-state index contributed by atoms with van der Waals surface area (Å²) in [6, 6.07) is 6.31. The molecule has 1 aromatic carbocycles. The van der Waals surface area contributed by atoms with Crippen molar-refractivity contribution in [3.05, 3.63) is 35.4 Å². The maximum atomic E-state index is 12.2. The number of nitrogens with zero attached hydrogens (tertiary/aromatic N) is 1. The molecule has 0 fully saturated rings. The van der Waals surface area contributed by atoms with Gasteiger partial charge in [-0.15, -0.1) is 0 Å². The zero-order chi connectivity index (χ0) is 17.2. The molecule has 8 nitrogen and oxygen atoms in total. The maximum Gasteiger partial charge on any atom is 0.404 e. The van der Waals surface area contributed by atoms with Gasteiger partial charge in [-0.2, -0.15) is 0 Å². The van der Waals surface area contributed by atoms with Crippen LogP contribution in [0.25, 0.3) is 0 Å². The van der Waals surface area contributed by atoms with E-state index in [-0.39, 0.29) is 29.8 Å². The minimum Gasteiger partial charge on any atom is -0.444 e. The standard InChI is InChI=1S/C14H16N2O6S/c1-23(20,21)7-6-9(22-14(15)19)8-16-12(17)10-4-2-3-5-11(10)13(16)18/h2-5,9H,6-8H2,1H3,(H2,15,19). The van der Waals surface area contributed by atoms with E-state index >= 15 is 0 Å². The number of primary amides is 1. The van der Waals surface area contributed by atoms with Crippen molar-refractivity contribution in [2.45, 2.75) is 12.5 Å². The van der Waals surface area contributed by atoms with Gasteiger partial charge in [0.05, 0.1) is 23.4 Å². The largest absolute Gasteiger partial charge is 0.444 e. The molecule has 0 saturated carbocycles. The number of fused-ring (bicyclic) bond motifs is 1. The second kappa shape index (κ2) is 6.37. The second-order valence-electron chi connectivity index (χ2n) is 5.24. The predicted octanol–water partition coefficient (Wildman–Crippen LogP) is 0.181. The van der Waals surface area contributed by atoms with Crippen molar-refractivity contribution >= 4 is 27.7 Å². The molecule has 1 aliphatic heterocycles. The molecule has 2 N–H and O–H groups in total. The minimum absolute atomic E-state index is 0.0603. The van der Waals surface area contributed by atoms with E-state index in [4.69, 9.17) is 10.5 Å². The van der Waals surface area contributed by atoms with Gasteiger partial charge in [0.25, 0.3) is 11.8 Å². The van der Waals surface area contributed by atoms with Crippen LogP contribution in [-0.2, 0) is 14.6 Å². The number of carbonyl (C=O) groups is 3. The number of hydrogen-bond acceptors (Lipinski definition) is 6. The monoisotopic (exact) mass is 340 g/mol. The van der Waals surface area contributed by atoms with Crippen molar-refractivity contribution in [2.24, 2.45) is 5.73 Å².